The SMILES string of the molecule is CN(CC(O)(Cn1cncn1)c1ccc(F)cc1F)c1cc(O/N=[N+](\[O-])N(C)CCO)c([N+](=O)[O-])cc1[N+](=O)[O-]. The predicted octanol–water partition coefficient (Wildman–Crippen LogP) is 1.49. The van der Waals surface area contributed by atoms with Crippen molar-refractivity contribution in [1.82, 2.24) is 19.8 Å². The van der Waals surface area contributed by atoms with E-state index in [9.17, 15) is 39.3 Å². The third-order valence-corrected chi connectivity index (χ3v) is 5.61. The number of hydrogen-bond donors (Lipinski definition) is 2. The fourth-order valence-corrected chi connectivity index (χ4v) is 3.73. The van der Waals surface area contributed by atoms with Crippen LogP contribution in [0.1, 0.15) is 5.56 Å². The van der Waals surface area contributed by atoms with E-state index in [4.69, 9.17) is 9.94 Å². The molecular weight excluding hydrogens is 544 g/mol. The average Bonchev–Trinajstić information content (AvgIpc) is 3.39. The van der Waals surface area contributed by atoms with E-state index < -0.39 is 63.9 Å². The maximum Gasteiger partial charge on any atom is 0.321 e. The highest BCUT2D eigenvalue weighted by Gasteiger charge is 2.37. The second-order valence-electron chi connectivity index (χ2n) is 8.46. The zero-order valence-electron chi connectivity index (χ0n) is 21.0. The Balaban J connectivity index is 2.09. The molecule has 0 spiro atoms. The molecule has 19 heteroatoms. The van der Waals surface area contributed by atoms with Crippen LogP contribution in [0.15, 0.2) is 48.3 Å². The average molecular weight is 567 g/mol. The minimum atomic E-state index is -2.19. The summed E-state index contributed by atoms with van der Waals surface area (Å²) in [6.45, 7) is -1.58. The molecule has 0 fully saturated rings. The molecule has 0 bridgehead atoms. The monoisotopic (exact) mass is 567 g/mol. The molecule has 2 aromatic carbocycles. The van der Waals surface area contributed by atoms with Crippen LogP contribution in [0.2, 0.25) is 0 Å². The number of nitrogens with zero attached hydrogens (tertiary/aromatic N) is 9. The molecule has 1 unspecified atom stereocenters. The van der Waals surface area contributed by atoms with Gasteiger partial charge in [-0.3, -0.25) is 25.1 Å². The lowest BCUT2D eigenvalue weighted by molar-refractivity contribution is -0.701. The van der Waals surface area contributed by atoms with Crippen molar-refractivity contribution in [2.45, 2.75) is 12.1 Å². The lowest BCUT2D eigenvalue weighted by Gasteiger charge is -2.34. The highest BCUT2D eigenvalue weighted by Crippen LogP contribution is 2.40. The van der Waals surface area contributed by atoms with Crippen LogP contribution in [0, 0.1) is 37.1 Å². The van der Waals surface area contributed by atoms with Crippen LogP contribution in [0.25, 0.3) is 0 Å². The van der Waals surface area contributed by atoms with Gasteiger partial charge in [0.2, 0.25) is 11.0 Å². The number of aliphatic hydroxyl groups is 2. The Hall–Kier alpha value is -5.04. The first-order valence-electron chi connectivity index (χ1n) is 11.2. The third kappa shape index (κ3) is 6.69. The lowest BCUT2D eigenvalue weighted by atomic mass is 9.92. The zero-order chi connectivity index (χ0) is 29.6. The van der Waals surface area contributed by atoms with Gasteiger partial charge in [-0.2, -0.15) is 5.10 Å². The number of aliphatic hydroxyl groups excluding tert-OH is 1. The van der Waals surface area contributed by atoms with Crippen molar-refractivity contribution in [2.24, 2.45) is 5.28 Å². The predicted molar refractivity (Wildman–Crippen MR) is 130 cm³/mol. The van der Waals surface area contributed by atoms with Gasteiger partial charge in [-0.25, -0.2) is 18.4 Å². The molecule has 40 heavy (non-hydrogen) atoms. The van der Waals surface area contributed by atoms with Gasteiger partial charge in [0.1, 0.15) is 41.6 Å². The van der Waals surface area contributed by atoms with E-state index in [0.717, 1.165) is 39.1 Å². The molecule has 0 amide bonds. The first-order chi connectivity index (χ1) is 18.9. The molecule has 0 aliphatic heterocycles. The van der Waals surface area contributed by atoms with Crippen molar-refractivity contribution >= 4 is 17.1 Å². The summed E-state index contributed by atoms with van der Waals surface area (Å²) in [7, 11) is 2.50. The summed E-state index contributed by atoms with van der Waals surface area (Å²) in [5, 5.41) is 63.9. The smallest absolute Gasteiger partial charge is 0.321 e. The Kier molecular flexibility index (Phi) is 9.01. The van der Waals surface area contributed by atoms with Crippen LogP contribution in [-0.2, 0) is 12.1 Å². The highest BCUT2D eigenvalue weighted by molar-refractivity contribution is 5.71. The van der Waals surface area contributed by atoms with Gasteiger partial charge in [0.05, 0.1) is 48.1 Å². The molecule has 0 saturated carbocycles. The third-order valence-electron chi connectivity index (χ3n) is 5.61. The van der Waals surface area contributed by atoms with Gasteiger partial charge in [-0.05, 0) is 6.07 Å². The molecule has 0 radical (unpaired) electrons. The van der Waals surface area contributed by atoms with Crippen molar-refractivity contribution in [3.05, 3.63) is 85.6 Å². The molecule has 214 valence electrons. The highest BCUT2D eigenvalue weighted by atomic mass is 19.1. The maximum atomic E-state index is 14.8. The molecule has 3 rings (SSSR count). The molecule has 1 heterocycles. The lowest BCUT2D eigenvalue weighted by Crippen LogP contribution is -2.43. The van der Waals surface area contributed by atoms with Crippen molar-refractivity contribution in [3.8, 4) is 5.75 Å². The minimum Gasteiger partial charge on any atom is -0.569 e. The molecule has 1 atom stereocenters. The van der Waals surface area contributed by atoms with Crippen LogP contribution in [0.3, 0.4) is 0 Å². The summed E-state index contributed by atoms with van der Waals surface area (Å²) in [5.41, 5.74) is -4.61. The van der Waals surface area contributed by atoms with Gasteiger partial charge in [0, 0.05) is 24.7 Å². The Morgan fingerprint density at radius 1 is 1.12 bits per heavy atom. The van der Waals surface area contributed by atoms with E-state index in [0.29, 0.717) is 12.1 Å². The molecule has 0 aliphatic carbocycles. The van der Waals surface area contributed by atoms with Crippen LogP contribution in [-0.4, -0.2) is 78.6 Å². The number of nitro benzene ring substituents is 2. The number of nitro groups is 2. The van der Waals surface area contributed by atoms with E-state index in [-0.39, 0.29) is 22.8 Å². The number of aromatic nitrogens is 3. The fraction of sp³-hybridized carbons (Fsp3) is 0.333. The van der Waals surface area contributed by atoms with E-state index >= 15 is 0 Å². The van der Waals surface area contributed by atoms with Gasteiger partial charge in [0.25, 0.3) is 5.69 Å². The van der Waals surface area contributed by atoms with Gasteiger partial charge in [-0.1, -0.05) is 6.07 Å². The summed E-state index contributed by atoms with van der Waals surface area (Å²) in [6, 6.07) is 3.87. The minimum absolute atomic E-state index is 0.112. The first-order valence-corrected chi connectivity index (χ1v) is 11.2. The van der Waals surface area contributed by atoms with E-state index in [1.807, 2.05) is 0 Å². The van der Waals surface area contributed by atoms with Crippen LogP contribution in [0.4, 0.5) is 25.8 Å². The summed E-state index contributed by atoms with van der Waals surface area (Å²) in [5.74, 6) is -2.70. The number of halogens is 2. The summed E-state index contributed by atoms with van der Waals surface area (Å²) in [6.07, 6.45) is 2.37. The van der Waals surface area contributed by atoms with E-state index in [1.165, 1.54) is 20.4 Å². The maximum absolute atomic E-state index is 14.8. The Bertz CT molecular complexity index is 1410. The van der Waals surface area contributed by atoms with Gasteiger partial charge in [0.15, 0.2) is 0 Å². The zero-order valence-corrected chi connectivity index (χ0v) is 21.0. The van der Waals surface area contributed by atoms with Gasteiger partial charge < -0.3 is 20.3 Å². The van der Waals surface area contributed by atoms with Crippen molar-refractivity contribution in [1.29, 1.82) is 0 Å². The topological polar surface area (TPSA) is 212 Å². The van der Waals surface area contributed by atoms with Gasteiger partial charge >= 0.3 is 5.69 Å². The van der Waals surface area contributed by atoms with Crippen LogP contribution < -0.4 is 9.74 Å². The number of benzene rings is 2. The van der Waals surface area contributed by atoms with Gasteiger partial charge in [-0.15, -0.1) is 5.01 Å². The molecule has 1 aromatic heterocycles. The Labute approximate surface area is 223 Å². The largest absolute Gasteiger partial charge is 0.569 e. The van der Waals surface area contributed by atoms with Crippen LogP contribution >= 0.6 is 0 Å². The molecule has 2 N–H and O–H groups in total. The number of hydrazine groups is 1. The van der Waals surface area contributed by atoms with Crippen molar-refractivity contribution in [2.75, 3.05) is 38.7 Å². The number of hydrogen-bond acceptors (Lipinski definition) is 12. The number of rotatable bonds is 13. The molecule has 0 aliphatic rings. The molecule has 0 saturated heterocycles. The fourth-order valence-electron chi connectivity index (χ4n) is 3.73. The van der Waals surface area contributed by atoms with Crippen molar-refractivity contribution in [3.63, 3.8) is 0 Å². The molecular formula is C21H23F2N9O8. The summed E-state index contributed by atoms with van der Waals surface area (Å²) in [4.78, 5) is 31.2. The summed E-state index contributed by atoms with van der Waals surface area (Å²) >= 11 is 0. The first kappa shape index (κ1) is 29.5. The second kappa shape index (κ2) is 12.2. The Morgan fingerprint density at radius 2 is 1.82 bits per heavy atom. The summed E-state index contributed by atoms with van der Waals surface area (Å²) < 4.78 is 29.6. The molecule has 3 aromatic rings. The standard InChI is InChI=1S/C21H23F2N9O8/c1-27(10-21(34,11-29-13-24-12-25-29)15-4-3-14(22)7-16(15)23)17-9-20(40-26-32(39)28(2)5-6-33)19(31(37)38)8-18(17)30(35)36/h3-4,7-9,12-13,33-34H,5-6,10-11H2,1-2H3/b32-26-. The van der Waals surface area contributed by atoms with Crippen LogP contribution in [0.5, 0.6) is 5.75 Å². The van der Waals surface area contributed by atoms with Crippen molar-refractivity contribution < 1.29 is 38.6 Å². The van der Waals surface area contributed by atoms with E-state index in [1.54, 1.807) is 0 Å². The normalized spacial score (nSPS) is 13.0. The quantitative estimate of drug-likeness (QED) is 0.130. The second-order valence-corrected chi connectivity index (χ2v) is 8.46. The number of likely N-dealkylation sites (N-methyl/N-ethyl adjacent to an activating group) is 2. The number of anilines is 1. The Morgan fingerprint density at radius 3 is 2.40 bits per heavy atom. The van der Waals surface area contributed by atoms with E-state index in [2.05, 4.69) is 15.4 Å². The molecule has 17 nitrogen and oxygen atoms in total.